The molecule has 1 aromatic heterocycles. The molecule has 7 nitrogen and oxygen atoms in total. The van der Waals surface area contributed by atoms with Crippen molar-refractivity contribution in [2.75, 3.05) is 19.6 Å². The maximum atomic E-state index is 12.5. The number of carbonyl (C=O) groups excluding carboxylic acids is 2. The minimum atomic E-state index is -0.359. The number of aromatic amines is 1. The molecule has 1 saturated carbocycles. The van der Waals surface area contributed by atoms with E-state index in [1.807, 2.05) is 6.07 Å². The Morgan fingerprint density at radius 2 is 2.04 bits per heavy atom. The molecule has 7 heteroatoms. The molecule has 2 aliphatic rings. The van der Waals surface area contributed by atoms with Crippen LogP contribution in [0.1, 0.15) is 70.7 Å². The van der Waals surface area contributed by atoms with Gasteiger partial charge in [0.25, 0.3) is 0 Å². The highest BCUT2D eigenvalue weighted by atomic mass is 16.2. The molecule has 3 N–H and O–H groups in total. The second-order valence-corrected chi connectivity index (χ2v) is 9.32. The summed E-state index contributed by atoms with van der Waals surface area (Å²) >= 11 is 0. The Balaban J connectivity index is 1.52. The Hall–Kier alpha value is -1.89. The van der Waals surface area contributed by atoms with Gasteiger partial charge in [-0.2, -0.15) is 5.10 Å². The first kappa shape index (κ1) is 20.8. The number of aromatic nitrogens is 2. The van der Waals surface area contributed by atoms with Gasteiger partial charge in [0.05, 0.1) is 30.4 Å². The van der Waals surface area contributed by atoms with Crippen LogP contribution in [0, 0.1) is 5.92 Å². The fourth-order valence-corrected chi connectivity index (χ4v) is 4.18. The molecule has 0 aromatic carbocycles. The molecule has 28 heavy (non-hydrogen) atoms. The van der Waals surface area contributed by atoms with Crippen molar-refractivity contribution < 1.29 is 9.59 Å². The molecule has 2 heterocycles. The Labute approximate surface area is 168 Å². The minimum Gasteiger partial charge on any atom is -0.353 e. The first-order valence-electron chi connectivity index (χ1n) is 10.7. The van der Waals surface area contributed by atoms with Crippen LogP contribution < -0.4 is 10.6 Å². The maximum Gasteiger partial charge on any atom is 0.237 e. The molecule has 1 saturated heterocycles. The number of amides is 2. The topological polar surface area (TPSA) is 90.1 Å². The summed E-state index contributed by atoms with van der Waals surface area (Å²) in [6.45, 7) is 9.15. The van der Waals surface area contributed by atoms with Gasteiger partial charge in [-0.1, -0.05) is 40.0 Å². The van der Waals surface area contributed by atoms with Crippen LogP contribution in [0.3, 0.4) is 0 Å². The van der Waals surface area contributed by atoms with Gasteiger partial charge in [0, 0.05) is 25.0 Å². The maximum absolute atomic E-state index is 12.5. The van der Waals surface area contributed by atoms with Gasteiger partial charge in [0.15, 0.2) is 0 Å². The van der Waals surface area contributed by atoms with E-state index in [0.29, 0.717) is 19.0 Å². The fraction of sp³-hybridized carbons (Fsp3) is 0.762. The van der Waals surface area contributed by atoms with Gasteiger partial charge in [-0.3, -0.25) is 19.6 Å². The van der Waals surface area contributed by atoms with E-state index in [4.69, 9.17) is 0 Å². The van der Waals surface area contributed by atoms with Gasteiger partial charge in [-0.15, -0.1) is 0 Å². The second kappa shape index (κ2) is 9.07. The summed E-state index contributed by atoms with van der Waals surface area (Å²) in [5, 5.41) is 13.2. The van der Waals surface area contributed by atoms with E-state index >= 15 is 0 Å². The molecule has 3 rings (SSSR count). The van der Waals surface area contributed by atoms with Crippen molar-refractivity contribution in [2.45, 2.75) is 77.3 Å². The highest BCUT2D eigenvalue weighted by Gasteiger charge is 2.33. The predicted molar refractivity (Wildman–Crippen MR) is 109 cm³/mol. The van der Waals surface area contributed by atoms with Gasteiger partial charge < -0.3 is 10.6 Å². The summed E-state index contributed by atoms with van der Waals surface area (Å²) in [6, 6.07) is 1.63. The van der Waals surface area contributed by atoms with Crippen LogP contribution >= 0.6 is 0 Å². The molecule has 1 aliphatic heterocycles. The Morgan fingerprint density at radius 1 is 1.29 bits per heavy atom. The van der Waals surface area contributed by atoms with Crippen molar-refractivity contribution in [3.8, 4) is 0 Å². The molecular formula is C21H35N5O2. The molecule has 2 fully saturated rings. The van der Waals surface area contributed by atoms with E-state index in [1.165, 1.54) is 32.1 Å². The number of piperazine rings is 1. The van der Waals surface area contributed by atoms with Crippen molar-refractivity contribution in [1.82, 2.24) is 25.7 Å². The lowest BCUT2D eigenvalue weighted by atomic mass is 9.88. The molecule has 0 spiro atoms. The summed E-state index contributed by atoms with van der Waals surface area (Å²) in [7, 11) is 0. The highest BCUT2D eigenvalue weighted by molar-refractivity contribution is 5.88. The van der Waals surface area contributed by atoms with Crippen LogP contribution in [0.2, 0.25) is 0 Å². The zero-order chi connectivity index (χ0) is 20.1. The summed E-state index contributed by atoms with van der Waals surface area (Å²) in [5.74, 6) is 0.544. The van der Waals surface area contributed by atoms with E-state index < -0.39 is 0 Å². The Morgan fingerprint density at radius 3 is 2.71 bits per heavy atom. The van der Waals surface area contributed by atoms with Gasteiger partial charge in [-0.25, -0.2) is 0 Å². The SMILES string of the molecule is CC(C)(C)c1cc(CNC(=O)C[C@H]2C(=O)NCCN2CC2CCCCC2)[nH]n1. The van der Waals surface area contributed by atoms with Gasteiger partial charge >= 0.3 is 0 Å². The van der Waals surface area contributed by atoms with Crippen LogP contribution in [0.15, 0.2) is 6.07 Å². The second-order valence-electron chi connectivity index (χ2n) is 9.32. The van der Waals surface area contributed by atoms with Gasteiger partial charge in [0.1, 0.15) is 0 Å². The third-order valence-electron chi connectivity index (χ3n) is 5.91. The zero-order valence-electron chi connectivity index (χ0n) is 17.5. The third kappa shape index (κ3) is 5.56. The fourth-order valence-electron chi connectivity index (χ4n) is 4.18. The van der Waals surface area contributed by atoms with Crippen molar-refractivity contribution in [1.29, 1.82) is 0 Å². The normalized spacial score (nSPS) is 22.1. The van der Waals surface area contributed by atoms with Crippen LogP contribution in [0.5, 0.6) is 0 Å². The number of hydrogen-bond donors (Lipinski definition) is 3. The van der Waals surface area contributed by atoms with Crippen molar-refractivity contribution in [3.05, 3.63) is 17.5 Å². The lowest BCUT2D eigenvalue weighted by molar-refractivity contribution is -0.134. The van der Waals surface area contributed by atoms with Crippen LogP contribution in [-0.4, -0.2) is 52.6 Å². The van der Waals surface area contributed by atoms with Crippen molar-refractivity contribution >= 4 is 11.8 Å². The van der Waals surface area contributed by atoms with Crippen molar-refractivity contribution in [2.24, 2.45) is 5.92 Å². The van der Waals surface area contributed by atoms with Gasteiger partial charge in [-0.05, 0) is 24.8 Å². The predicted octanol–water partition coefficient (Wildman–Crippen LogP) is 2.09. The molecule has 156 valence electrons. The van der Waals surface area contributed by atoms with Crippen molar-refractivity contribution in [3.63, 3.8) is 0 Å². The number of nitrogens with one attached hydrogen (secondary N) is 3. The number of hydrogen-bond acceptors (Lipinski definition) is 4. The summed E-state index contributed by atoms with van der Waals surface area (Å²) in [6.07, 6.45) is 6.60. The van der Waals surface area contributed by atoms with E-state index in [-0.39, 0.29) is 29.7 Å². The Kier molecular flexibility index (Phi) is 6.75. The number of rotatable bonds is 6. The summed E-state index contributed by atoms with van der Waals surface area (Å²) in [4.78, 5) is 27.2. The molecule has 0 unspecified atom stereocenters. The average Bonchev–Trinajstić information content (AvgIpc) is 3.13. The largest absolute Gasteiger partial charge is 0.353 e. The lowest BCUT2D eigenvalue weighted by Crippen LogP contribution is -2.57. The zero-order valence-corrected chi connectivity index (χ0v) is 17.5. The molecular weight excluding hydrogens is 354 g/mol. The quantitative estimate of drug-likeness (QED) is 0.695. The molecule has 1 aromatic rings. The van der Waals surface area contributed by atoms with Crippen LogP contribution in [0.4, 0.5) is 0 Å². The van der Waals surface area contributed by atoms with Crippen LogP contribution in [-0.2, 0) is 21.5 Å². The monoisotopic (exact) mass is 389 g/mol. The number of nitrogens with zero attached hydrogens (tertiary/aromatic N) is 2. The summed E-state index contributed by atoms with van der Waals surface area (Å²) in [5.41, 5.74) is 1.82. The van der Waals surface area contributed by atoms with E-state index in [9.17, 15) is 9.59 Å². The van der Waals surface area contributed by atoms with Crippen LogP contribution in [0.25, 0.3) is 0 Å². The molecule has 0 bridgehead atoms. The highest BCUT2D eigenvalue weighted by Crippen LogP contribution is 2.26. The van der Waals surface area contributed by atoms with E-state index in [1.54, 1.807) is 0 Å². The lowest BCUT2D eigenvalue weighted by Gasteiger charge is -2.37. The molecule has 2 amide bonds. The standard InChI is InChI=1S/C21H35N5O2/c1-21(2,3)18-11-16(24-25-18)13-23-19(27)12-17-20(28)22-9-10-26(17)14-15-7-5-4-6-8-15/h11,15,17H,4-10,12-14H2,1-3H3,(H,22,28)(H,23,27)(H,24,25)/t17-/m0/s1. The number of carbonyl (C=O) groups is 2. The number of H-pyrrole nitrogens is 1. The van der Waals surface area contributed by atoms with E-state index in [2.05, 4.69) is 46.5 Å². The molecule has 1 atom stereocenters. The van der Waals surface area contributed by atoms with Gasteiger partial charge in [0.2, 0.25) is 11.8 Å². The summed E-state index contributed by atoms with van der Waals surface area (Å²) < 4.78 is 0. The van der Waals surface area contributed by atoms with E-state index in [0.717, 1.165) is 24.5 Å². The first-order valence-corrected chi connectivity index (χ1v) is 10.7. The average molecular weight is 390 g/mol. The first-order chi connectivity index (χ1) is 13.3. The minimum absolute atomic E-state index is 0.0197. The molecule has 0 radical (unpaired) electrons. The Bertz CT molecular complexity index is 673. The third-order valence-corrected chi connectivity index (χ3v) is 5.91. The smallest absolute Gasteiger partial charge is 0.237 e. The molecule has 1 aliphatic carbocycles.